The van der Waals surface area contributed by atoms with Gasteiger partial charge < -0.3 is 4.18 Å². The van der Waals surface area contributed by atoms with Crippen molar-refractivity contribution in [3.05, 3.63) is 17.5 Å². The fourth-order valence-corrected chi connectivity index (χ4v) is 1.43. The summed E-state index contributed by atoms with van der Waals surface area (Å²) < 4.78 is 5.12. The predicted octanol–water partition coefficient (Wildman–Crippen LogP) is 2.14. The zero-order valence-electron chi connectivity index (χ0n) is 7.50. The Hall–Kier alpha value is -0.610. The molecule has 0 bridgehead atoms. The SMILES string of the molecule is CCOSc1nc(C)cc(C)n1. The number of hydrogen-bond donors (Lipinski definition) is 0. The summed E-state index contributed by atoms with van der Waals surface area (Å²) >= 11 is 1.23. The average Bonchev–Trinajstić information content (AvgIpc) is 1.99. The number of aromatic nitrogens is 2. The van der Waals surface area contributed by atoms with Crippen LogP contribution in [-0.4, -0.2) is 16.6 Å². The van der Waals surface area contributed by atoms with Crippen molar-refractivity contribution in [2.45, 2.75) is 25.9 Å². The fourth-order valence-electron chi connectivity index (χ4n) is 0.842. The van der Waals surface area contributed by atoms with Crippen LogP contribution in [0.15, 0.2) is 11.2 Å². The number of nitrogens with zero attached hydrogens (tertiary/aromatic N) is 2. The maximum atomic E-state index is 5.12. The van der Waals surface area contributed by atoms with Crippen molar-refractivity contribution in [1.82, 2.24) is 9.97 Å². The van der Waals surface area contributed by atoms with Gasteiger partial charge in [0.05, 0.1) is 18.6 Å². The maximum Gasteiger partial charge on any atom is 0.215 e. The van der Waals surface area contributed by atoms with E-state index in [9.17, 15) is 0 Å². The van der Waals surface area contributed by atoms with Crippen LogP contribution in [0.2, 0.25) is 0 Å². The van der Waals surface area contributed by atoms with Crippen LogP contribution in [0, 0.1) is 13.8 Å². The number of rotatable bonds is 3. The molecule has 0 saturated carbocycles. The van der Waals surface area contributed by atoms with Crippen molar-refractivity contribution < 1.29 is 4.18 Å². The molecule has 0 aliphatic rings. The summed E-state index contributed by atoms with van der Waals surface area (Å²) in [5.74, 6) is 0. The first-order valence-electron chi connectivity index (χ1n) is 3.84. The van der Waals surface area contributed by atoms with Crippen molar-refractivity contribution >= 4 is 12.0 Å². The summed E-state index contributed by atoms with van der Waals surface area (Å²) in [5.41, 5.74) is 1.95. The van der Waals surface area contributed by atoms with Gasteiger partial charge in [0.2, 0.25) is 5.16 Å². The molecule has 0 radical (unpaired) electrons. The summed E-state index contributed by atoms with van der Waals surface area (Å²) in [5, 5.41) is 0.689. The van der Waals surface area contributed by atoms with E-state index in [0.717, 1.165) is 11.4 Å². The van der Waals surface area contributed by atoms with E-state index in [-0.39, 0.29) is 0 Å². The second-order valence-corrected chi connectivity index (χ2v) is 3.19. The molecule has 3 nitrogen and oxygen atoms in total. The molecule has 1 rings (SSSR count). The Morgan fingerprint density at radius 2 is 1.92 bits per heavy atom. The Morgan fingerprint density at radius 1 is 1.33 bits per heavy atom. The molecule has 0 unspecified atom stereocenters. The van der Waals surface area contributed by atoms with Gasteiger partial charge in [0.15, 0.2) is 0 Å². The highest BCUT2D eigenvalue weighted by molar-refractivity contribution is 7.94. The maximum absolute atomic E-state index is 5.12. The van der Waals surface area contributed by atoms with Crippen molar-refractivity contribution in [1.29, 1.82) is 0 Å². The van der Waals surface area contributed by atoms with Gasteiger partial charge >= 0.3 is 0 Å². The van der Waals surface area contributed by atoms with Gasteiger partial charge in [-0.15, -0.1) is 0 Å². The quantitative estimate of drug-likeness (QED) is 0.532. The molecule has 12 heavy (non-hydrogen) atoms. The van der Waals surface area contributed by atoms with E-state index in [1.807, 2.05) is 26.8 Å². The Kier molecular flexibility index (Phi) is 3.49. The smallest absolute Gasteiger partial charge is 0.215 e. The summed E-state index contributed by atoms with van der Waals surface area (Å²) in [7, 11) is 0. The van der Waals surface area contributed by atoms with E-state index in [2.05, 4.69) is 9.97 Å². The van der Waals surface area contributed by atoms with E-state index in [0.29, 0.717) is 11.8 Å². The highest BCUT2D eigenvalue weighted by atomic mass is 32.2. The van der Waals surface area contributed by atoms with Gasteiger partial charge in [0, 0.05) is 11.4 Å². The fraction of sp³-hybridized carbons (Fsp3) is 0.500. The summed E-state index contributed by atoms with van der Waals surface area (Å²) in [4.78, 5) is 8.40. The summed E-state index contributed by atoms with van der Waals surface area (Å²) in [6.07, 6.45) is 0. The summed E-state index contributed by atoms with van der Waals surface area (Å²) in [6, 6.07) is 1.94. The molecule has 0 amide bonds. The van der Waals surface area contributed by atoms with Crippen LogP contribution in [0.3, 0.4) is 0 Å². The zero-order chi connectivity index (χ0) is 8.97. The molecular weight excluding hydrogens is 172 g/mol. The van der Waals surface area contributed by atoms with Crippen molar-refractivity contribution in [2.75, 3.05) is 6.61 Å². The monoisotopic (exact) mass is 184 g/mol. The minimum atomic E-state index is 0.668. The van der Waals surface area contributed by atoms with Crippen molar-refractivity contribution in [2.24, 2.45) is 0 Å². The Bertz CT molecular complexity index is 245. The van der Waals surface area contributed by atoms with Gasteiger partial charge in [0.25, 0.3) is 0 Å². The first kappa shape index (κ1) is 9.48. The van der Waals surface area contributed by atoms with E-state index >= 15 is 0 Å². The van der Waals surface area contributed by atoms with E-state index in [4.69, 9.17) is 4.18 Å². The largest absolute Gasteiger partial charge is 0.308 e. The minimum Gasteiger partial charge on any atom is -0.308 e. The third-order valence-electron chi connectivity index (χ3n) is 1.21. The molecule has 0 atom stereocenters. The Balaban J connectivity index is 2.72. The van der Waals surface area contributed by atoms with Crippen LogP contribution >= 0.6 is 12.0 Å². The molecule has 1 heterocycles. The molecule has 0 N–H and O–H groups in total. The zero-order valence-corrected chi connectivity index (χ0v) is 8.31. The molecule has 1 aromatic heterocycles. The molecule has 1 aromatic rings. The predicted molar refractivity (Wildman–Crippen MR) is 49.0 cm³/mol. The lowest BCUT2D eigenvalue weighted by atomic mass is 10.4. The van der Waals surface area contributed by atoms with Gasteiger partial charge in [-0.25, -0.2) is 9.97 Å². The van der Waals surface area contributed by atoms with Crippen LogP contribution in [-0.2, 0) is 4.18 Å². The van der Waals surface area contributed by atoms with Crippen molar-refractivity contribution in [3.8, 4) is 0 Å². The lowest BCUT2D eigenvalue weighted by Gasteiger charge is -2.00. The van der Waals surface area contributed by atoms with Crippen molar-refractivity contribution in [3.63, 3.8) is 0 Å². The van der Waals surface area contributed by atoms with E-state index in [1.54, 1.807) is 0 Å². The van der Waals surface area contributed by atoms with Crippen LogP contribution in [0.4, 0.5) is 0 Å². The molecule has 0 spiro atoms. The van der Waals surface area contributed by atoms with Gasteiger partial charge in [-0.05, 0) is 26.8 Å². The van der Waals surface area contributed by atoms with Crippen LogP contribution in [0.25, 0.3) is 0 Å². The Morgan fingerprint density at radius 3 is 2.42 bits per heavy atom. The molecule has 66 valence electrons. The third kappa shape index (κ3) is 2.79. The molecule has 0 aliphatic carbocycles. The number of aryl methyl sites for hydroxylation is 2. The van der Waals surface area contributed by atoms with Crippen LogP contribution < -0.4 is 0 Å². The first-order chi connectivity index (χ1) is 5.72. The first-order valence-corrected chi connectivity index (χ1v) is 4.58. The average molecular weight is 184 g/mol. The van der Waals surface area contributed by atoms with Gasteiger partial charge in [0.1, 0.15) is 0 Å². The van der Waals surface area contributed by atoms with Gasteiger partial charge in [-0.3, -0.25) is 0 Å². The van der Waals surface area contributed by atoms with Gasteiger partial charge in [-0.2, -0.15) is 0 Å². The lowest BCUT2D eigenvalue weighted by molar-refractivity contribution is 0.399. The number of hydrogen-bond acceptors (Lipinski definition) is 4. The third-order valence-corrected chi connectivity index (χ3v) is 1.90. The van der Waals surface area contributed by atoms with E-state index < -0.39 is 0 Å². The summed E-state index contributed by atoms with van der Waals surface area (Å²) in [6.45, 7) is 6.51. The second kappa shape index (κ2) is 4.42. The molecule has 0 fully saturated rings. The molecule has 0 aliphatic heterocycles. The minimum absolute atomic E-state index is 0.668. The molecule has 4 heteroatoms. The highest BCUT2D eigenvalue weighted by Gasteiger charge is 1.99. The molecule has 0 aromatic carbocycles. The second-order valence-electron chi connectivity index (χ2n) is 2.42. The normalized spacial score (nSPS) is 10.2. The van der Waals surface area contributed by atoms with E-state index in [1.165, 1.54) is 12.0 Å². The highest BCUT2D eigenvalue weighted by Crippen LogP contribution is 2.14. The molecular formula is C8H12N2OS. The van der Waals surface area contributed by atoms with Crippen LogP contribution in [0.1, 0.15) is 18.3 Å². The molecule has 0 saturated heterocycles. The lowest BCUT2D eigenvalue weighted by Crippen LogP contribution is -1.93. The Labute approximate surface area is 76.8 Å². The van der Waals surface area contributed by atoms with Gasteiger partial charge in [-0.1, -0.05) is 0 Å². The standard InChI is InChI=1S/C8H12N2OS/c1-4-11-12-8-9-6(2)5-7(3)10-8/h5H,4H2,1-3H3. The van der Waals surface area contributed by atoms with Crippen LogP contribution in [0.5, 0.6) is 0 Å². The topological polar surface area (TPSA) is 35.0 Å².